The Bertz CT molecular complexity index is 1070. The van der Waals surface area contributed by atoms with Crippen molar-refractivity contribution in [1.82, 2.24) is 9.29 Å². The van der Waals surface area contributed by atoms with Gasteiger partial charge in [0.25, 0.3) is 0 Å². The standard InChI is InChI=1S/C18H16N2O4S/c21-18(22)12-6-7-16-14(10-12)15-11-20(9-8-17(15)19-16)25(23,24)13-4-2-1-3-5-13/h1-7,10,19H,8-9,11H2,(H,21,22). The van der Waals surface area contributed by atoms with E-state index in [2.05, 4.69) is 4.98 Å². The third-order valence-electron chi connectivity index (χ3n) is 4.57. The van der Waals surface area contributed by atoms with E-state index < -0.39 is 16.0 Å². The molecule has 0 radical (unpaired) electrons. The number of carboxylic acid groups (broad SMARTS) is 1. The van der Waals surface area contributed by atoms with E-state index in [1.807, 2.05) is 0 Å². The van der Waals surface area contributed by atoms with E-state index in [1.165, 1.54) is 4.31 Å². The van der Waals surface area contributed by atoms with Gasteiger partial charge in [0, 0.05) is 36.1 Å². The summed E-state index contributed by atoms with van der Waals surface area (Å²) < 4.78 is 27.2. The van der Waals surface area contributed by atoms with Gasteiger partial charge in [0.15, 0.2) is 0 Å². The zero-order valence-electron chi connectivity index (χ0n) is 13.3. The first-order chi connectivity index (χ1) is 12.0. The number of nitrogens with zero attached hydrogens (tertiary/aromatic N) is 1. The third kappa shape index (κ3) is 2.61. The lowest BCUT2D eigenvalue weighted by atomic mass is 10.0. The molecule has 7 heteroatoms. The van der Waals surface area contributed by atoms with Crippen LogP contribution in [0.1, 0.15) is 21.6 Å². The smallest absolute Gasteiger partial charge is 0.335 e. The molecule has 6 nitrogen and oxygen atoms in total. The van der Waals surface area contributed by atoms with E-state index in [0.717, 1.165) is 22.2 Å². The summed E-state index contributed by atoms with van der Waals surface area (Å²) in [7, 11) is -3.57. The quantitative estimate of drug-likeness (QED) is 0.755. The van der Waals surface area contributed by atoms with Gasteiger partial charge in [0.1, 0.15) is 0 Å². The Morgan fingerprint density at radius 3 is 2.60 bits per heavy atom. The van der Waals surface area contributed by atoms with E-state index in [4.69, 9.17) is 0 Å². The molecule has 1 aliphatic heterocycles. The van der Waals surface area contributed by atoms with Crippen molar-refractivity contribution < 1.29 is 18.3 Å². The zero-order valence-corrected chi connectivity index (χ0v) is 14.1. The summed E-state index contributed by atoms with van der Waals surface area (Å²) >= 11 is 0. The lowest BCUT2D eigenvalue weighted by molar-refractivity contribution is 0.0697. The molecule has 0 fully saturated rings. The lowest BCUT2D eigenvalue weighted by Crippen LogP contribution is -2.35. The number of nitrogens with one attached hydrogen (secondary N) is 1. The van der Waals surface area contributed by atoms with Crippen LogP contribution >= 0.6 is 0 Å². The Kier molecular flexibility index (Phi) is 3.63. The monoisotopic (exact) mass is 356 g/mol. The minimum Gasteiger partial charge on any atom is -0.478 e. The number of aromatic nitrogens is 1. The maximum Gasteiger partial charge on any atom is 0.335 e. The highest BCUT2D eigenvalue weighted by Crippen LogP contribution is 2.31. The number of fused-ring (bicyclic) bond motifs is 3. The SMILES string of the molecule is O=C(O)c1ccc2[nH]c3c(c2c1)CN(S(=O)(=O)c1ccccc1)CC3. The van der Waals surface area contributed by atoms with E-state index in [0.29, 0.717) is 13.0 Å². The van der Waals surface area contributed by atoms with Gasteiger partial charge in [-0.05, 0) is 35.9 Å². The Labute approximate surface area is 144 Å². The predicted octanol–water partition coefficient (Wildman–Crippen LogP) is 2.61. The van der Waals surface area contributed by atoms with Crippen molar-refractivity contribution in [2.75, 3.05) is 6.54 Å². The van der Waals surface area contributed by atoms with Gasteiger partial charge >= 0.3 is 5.97 Å². The number of benzene rings is 2. The molecule has 0 saturated carbocycles. The molecule has 2 heterocycles. The largest absolute Gasteiger partial charge is 0.478 e. The van der Waals surface area contributed by atoms with Gasteiger partial charge in [0.05, 0.1) is 10.5 Å². The van der Waals surface area contributed by atoms with Crippen molar-refractivity contribution >= 4 is 26.9 Å². The van der Waals surface area contributed by atoms with E-state index in [9.17, 15) is 18.3 Å². The molecule has 25 heavy (non-hydrogen) atoms. The van der Waals surface area contributed by atoms with Gasteiger partial charge < -0.3 is 10.1 Å². The second kappa shape index (κ2) is 5.72. The summed E-state index contributed by atoms with van der Waals surface area (Å²) in [5, 5.41) is 9.97. The Morgan fingerprint density at radius 1 is 1.12 bits per heavy atom. The molecule has 0 aliphatic carbocycles. The molecule has 1 aromatic heterocycles. The number of carboxylic acids is 1. The molecule has 128 valence electrons. The topological polar surface area (TPSA) is 90.5 Å². The van der Waals surface area contributed by atoms with Gasteiger partial charge in [0.2, 0.25) is 10.0 Å². The summed E-state index contributed by atoms with van der Waals surface area (Å²) in [6, 6.07) is 13.2. The summed E-state index contributed by atoms with van der Waals surface area (Å²) in [6.45, 7) is 0.623. The molecule has 0 atom stereocenters. The summed E-state index contributed by atoms with van der Waals surface area (Å²) in [6.07, 6.45) is 0.568. The highest BCUT2D eigenvalue weighted by molar-refractivity contribution is 7.89. The molecule has 0 bridgehead atoms. The van der Waals surface area contributed by atoms with Crippen LogP contribution in [-0.4, -0.2) is 35.3 Å². The Morgan fingerprint density at radius 2 is 1.88 bits per heavy atom. The molecule has 0 spiro atoms. The van der Waals surface area contributed by atoms with Crippen molar-refractivity contribution in [3.05, 3.63) is 65.4 Å². The Balaban J connectivity index is 1.77. The van der Waals surface area contributed by atoms with E-state index in [-0.39, 0.29) is 17.0 Å². The first kappa shape index (κ1) is 15.9. The number of aromatic carboxylic acids is 1. The molecule has 2 N–H and O–H groups in total. The second-order valence-electron chi connectivity index (χ2n) is 6.05. The van der Waals surface area contributed by atoms with Crippen LogP contribution in [0.15, 0.2) is 53.4 Å². The van der Waals surface area contributed by atoms with Crippen molar-refractivity contribution in [2.45, 2.75) is 17.9 Å². The number of hydrogen-bond acceptors (Lipinski definition) is 3. The van der Waals surface area contributed by atoms with Crippen molar-refractivity contribution in [1.29, 1.82) is 0 Å². The maximum atomic E-state index is 12.9. The fraction of sp³-hybridized carbons (Fsp3) is 0.167. The number of hydrogen-bond donors (Lipinski definition) is 2. The number of aromatic amines is 1. The second-order valence-corrected chi connectivity index (χ2v) is 7.99. The van der Waals surface area contributed by atoms with Crippen LogP contribution in [0.25, 0.3) is 10.9 Å². The highest BCUT2D eigenvalue weighted by Gasteiger charge is 2.30. The molecular formula is C18H16N2O4S. The van der Waals surface area contributed by atoms with Gasteiger partial charge in [-0.2, -0.15) is 4.31 Å². The predicted molar refractivity (Wildman–Crippen MR) is 93.0 cm³/mol. The van der Waals surface area contributed by atoms with Crippen LogP contribution in [0.5, 0.6) is 0 Å². The number of rotatable bonds is 3. The van der Waals surface area contributed by atoms with E-state index in [1.54, 1.807) is 48.5 Å². The van der Waals surface area contributed by atoms with Crippen LogP contribution in [-0.2, 0) is 23.0 Å². The molecule has 0 unspecified atom stereocenters. The maximum absolute atomic E-state index is 12.9. The first-order valence-corrected chi connectivity index (χ1v) is 9.33. The molecule has 2 aromatic carbocycles. The van der Waals surface area contributed by atoms with Crippen molar-refractivity contribution in [3.63, 3.8) is 0 Å². The molecule has 0 amide bonds. The van der Waals surface area contributed by atoms with Gasteiger partial charge in [-0.15, -0.1) is 0 Å². The summed E-state index contributed by atoms with van der Waals surface area (Å²) in [4.78, 5) is 14.8. The first-order valence-electron chi connectivity index (χ1n) is 7.89. The number of sulfonamides is 1. The average molecular weight is 356 g/mol. The summed E-state index contributed by atoms with van der Waals surface area (Å²) in [5.74, 6) is -0.999. The normalized spacial score (nSPS) is 15.2. The summed E-state index contributed by atoms with van der Waals surface area (Å²) in [5.41, 5.74) is 2.84. The van der Waals surface area contributed by atoms with Gasteiger partial charge in [-0.1, -0.05) is 18.2 Å². The molecular weight excluding hydrogens is 340 g/mol. The Hall–Kier alpha value is -2.64. The van der Waals surface area contributed by atoms with E-state index >= 15 is 0 Å². The lowest BCUT2D eigenvalue weighted by Gasteiger charge is -2.26. The van der Waals surface area contributed by atoms with Crippen LogP contribution in [0.2, 0.25) is 0 Å². The fourth-order valence-corrected chi connectivity index (χ4v) is 4.70. The van der Waals surface area contributed by atoms with Crippen LogP contribution in [0.3, 0.4) is 0 Å². The van der Waals surface area contributed by atoms with Crippen molar-refractivity contribution in [3.8, 4) is 0 Å². The minimum atomic E-state index is -3.57. The highest BCUT2D eigenvalue weighted by atomic mass is 32.2. The molecule has 1 aliphatic rings. The fourth-order valence-electron chi connectivity index (χ4n) is 3.27. The average Bonchev–Trinajstić information content (AvgIpc) is 2.99. The number of H-pyrrole nitrogens is 1. The van der Waals surface area contributed by atoms with Crippen molar-refractivity contribution in [2.24, 2.45) is 0 Å². The molecule has 4 rings (SSSR count). The third-order valence-corrected chi connectivity index (χ3v) is 6.43. The zero-order chi connectivity index (χ0) is 17.6. The van der Waals surface area contributed by atoms with Crippen LogP contribution in [0, 0.1) is 0 Å². The molecule has 0 saturated heterocycles. The molecule has 3 aromatic rings. The minimum absolute atomic E-state index is 0.192. The van der Waals surface area contributed by atoms with Crippen LogP contribution in [0.4, 0.5) is 0 Å². The van der Waals surface area contributed by atoms with Crippen LogP contribution < -0.4 is 0 Å². The number of carbonyl (C=O) groups is 1. The van der Waals surface area contributed by atoms with Gasteiger partial charge in [-0.25, -0.2) is 13.2 Å². The van der Waals surface area contributed by atoms with Gasteiger partial charge in [-0.3, -0.25) is 0 Å².